The van der Waals surface area contributed by atoms with Gasteiger partial charge in [0.15, 0.2) is 0 Å². The molecule has 6 heteroatoms. The lowest BCUT2D eigenvalue weighted by atomic mass is 10.3. The van der Waals surface area contributed by atoms with Gasteiger partial charge in [-0.2, -0.15) is 0 Å². The van der Waals surface area contributed by atoms with E-state index in [1.807, 2.05) is 0 Å². The van der Waals surface area contributed by atoms with Gasteiger partial charge in [-0.05, 0) is 18.8 Å². The van der Waals surface area contributed by atoms with Crippen molar-refractivity contribution in [1.29, 1.82) is 0 Å². The first-order chi connectivity index (χ1) is 6.07. The second-order valence-corrected chi connectivity index (χ2v) is 2.95. The molecule has 0 saturated heterocycles. The molecule has 0 bridgehead atoms. The van der Waals surface area contributed by atoms with Crippen LogP contribution in [0.3, 0.4) is 0 Å². The zero-order valence-corrected chi connectivity index (χ0v) is 7.47. The maximum Gasteiger partial charge on any atom is 0.350 e. The van der Waals surface area contributed by atoms with Crippen molar-refractivity contribution < 1.29 is 10.0 Å². The summed E-state index contributed by atoms with van der Waals surface area (Å²) in [5.74, 6) is -0.127. The maximum atomic E-state index is 10.6. The molecule has 1 N–H and O–H groups in total. The monoisotopic (exact) mass is 185 g/mol. The van der Waals surface area contributed by atoms with E-state index in [0.717, 1.165) is 0 Å². The molecular formula is C7H11N3O3. The molecule has 0 unspecified atom stereocenters. The zero-order chi connectivity index (χ0) is 10.0. The lowest BCUT2D eigenvalue weighted by Gasteiger charge is -2.02. The number of aliphatic hydroxyl groups is 1. The van der Waals surface area contributed by atoms with Gasteiger partial charge in [-0.15, -0.1) is 4.68 Å². The van der Waals surface area contributed by atoms with Crippen molar-refractivity contribution in [2.24, 2.45) is 0 Å². The van der Waals surface area contributed by atoms with Gasteiger partial charge in [0, 0.05) is 0 Å². The maximum absolute atomic E-state index is 10.6. The summed E-state index contributed by atoms with van der Waals surface area (Å²) < 4.78 is 1.28. The largest absolute Gasteiger partial charge is 0.391 e. The first-order valence-electron chi connectivity index (χ1n) is 3.89. The van der Waals surface area contributed by atoms with Crippen LogP contribution in [0.25, 0.3) is 0 Å². The van der Waals surface area contributed by atoms with Crippen molar-refractivity contribution in [3.05, 3.63) is 21.9 Å². The number of rotatable bonds is 3. The molecule has 0 saturated carbocycles. The number of nitrogens with zero attached hydrogens (tertiary/aromatic N) is 3. The number of nitro groups is 1. The fourth-order valence-corrected chi connectivity index (χ4v) is 1.08. The van der Waals surface area contributed by atoms with Gasteiger partial charge < -0.3 is 15.2 Å². The molecule has 0 aliphatic heterocycles. The Hall–Kier alpha value is -1.43. The first-order valence-corrected chi connectivity index (χ1v) is 3.89. The molecule has 0 aliphatic rings. The Morgan fingerprint density at radius 3 is 2.77 bits per heavy atom. The molecule has 6 nitrogen and oxygen atoms in total. The van der Waals surface area contributed by atoms with Crippen molar-refractivity contribution in [3.63, 3.8) is 0 Å². The quantitative estimate of drug-likeness (QED) is 0.559. The number of aromatic nitrogens is 2. The molecule has 1 rings (SSSR count). The first kappa shape index (κ1) is 9.66. The predicted molar refractivity (Wildman–Crippen MR) is 45.2 cm³/mol. The van der Waals surface area contributed by atoms with Crippen LogP contribution in [0.15, 0.2) is 6.20 Å². The van der Waals surface area contributed by atoms with Crippen LogP contribution in [0.4, 0.5) is 5.82 Å². The minimum atomic E-state index is -0.529. The van der Waals surface area contributed by atoms with Gasteiger partial charge in [-0.25, -0.2) is 0 Å². The standard InChI is InChI=1S/C7H11N3O3/c1-5(2)9-7(10(12)13)6(4-11)3-8-9/h3,5,11H,4H2,1-2H3. The molecule has 0 spiro atoms. The van der Waals surface area contributed by atoms with E-state index in [-0.39, 0.29) is 24.0 Å². The normalized spacial score (nSPS) is 10.8. The molecule has 0 radical (unpaired) electrons. The summed E-state index contributed by atoms with van der Waals surface area (Å²) >= 11 is 0. The van der Waals surface area contributed by atoms with Crippen LogP contribution in [-0.2, 0) is 6.61 Å². The van der Waals surface area contributed by atoms with Crippen LogP contribution >= 0.6 is 0 Å². The van der Waals surface area contributed by atoms with Crippen LogP contribution in [0.1, 0.15) is 25.5 Å². The van der Waals surface area contributed by atoms with E-state index in [1.54, 1.807) is 13.8 Å². The van der Waals surface area contributed by atoms with E-state index in [2.05, 4.69) is 5.10 Å². The second-order valence-electron chi connectivity index (χ2n) is 2.95. The topological polar surface area (TPSA) is 81.2 Å². The summed E-state index contributed by atoms with van der Waals surface area (Å²) in [5, 5.41) is 23.2. The third kappa shape index (κ3) is 1.67. The van der Waals surface area contributed by atoms with E-state index < -0.39 is 4.92 Å². The lowest BCUT2D eigenvalue weighted by Crippen LogP contribution is -2.07. The van der Waals surface area contributed by atoms with Gasteiger partial charge in [-0.1, -0.05) is 5.10 Å². The van der Waals surface area contributed by atoms with E-state index in [4.69, 9.17) is 5.11 Å². The third-order valence-electron chi connectivity index (χ3n) is 1.67. The Morgan fingerprint density at radius 1 is 1.77 bits per heavy atom. The number of hydrogen-bond acceptors (Lipinski definition) is 4. The highest BCUT2D eigenvalue weighted by Crippen LogP contribution is 2.21. The van der Waals surface area contributed by atoms with Crippen molar-refractivity contribution in [3.8, 4) is 0 Å². The van der Waals surface area contributed by atoms with Gasteiger partial charge in [0.05, 0.1) is 18.4 Å². The molecule has 0 fully saturated rings. The fourth-order valence-electron chi connectivity index (χ4n) is 1.08. The molecule has 1 heterocycles. The van der Waals surface area contributed by atoms with Crippen LogP contribution in [0, 0.1) is 10.1 Å². The highest BCUT2D eigenvalue weighted by atomic mass is 16.6. The predicted octanol–water partition coefficient (Wildman–Crippen LogP) is 0.864. The fraction of sp³-hybridized carbons (Fsp3) is 0.571. The van der Waals surface area contributed by atoms with E-state index in [1.165, 1.54) is 10.9 Å². The molecule has 13 heavy (non-hydrogen) atoms. The zero-order valence-electron chi connectivity index (χ0n) is 7.47. The number of hydrogen-bond donors (Lipinski definition) is 1. The average molecular weight is 185 g/mol. The summed E-state index contributed by atoms with van der Waals surface area (Å²) in [6.07, 6.45) is 1.32. The molecule has 0 atom stereocenters. The van der Waals surface area contributed by atoms with Gasteiger partial charge in [0.25, 0.3) is 0 Å². The number of aliphatic hydroxyl groups excluding tert-OH is 1. The summed E-state index contributed by atoms with van der Waals surface area (Å²) in [6.45, 7) is 3.23. The third-order valence-corrected chi connectivity index (χ3v) is 1.67. The van der Waals surface area contributed by atoms with Gasteiger partial charge in [-0.3, -0.25) is 0 Å². The summed E-state index contributed by atoms with van der Waals surface area (Å²) in [6, 6.07) is -0.0827. The van der Waals surface area contributed by atoms with E-state index >= 15 is 0 Å². The molecule has 1 aromatic rings. The SMILES string of the molecule is CC(C)n1ncc(CO)c1[N+](=O)[O-]. The molecule has 0 aromatic carbocycles. The van der Waals surface area contributed by atoms with Crippen LogP contribution < -0.4 is 0 Å². The highest BCUT2D eigenvalue weighted by Gasteiger charge is 2.22. The van der Waals surface area contributed by atoms with Crippen LogP contribution in [-0.4, -0.2) is 19.8 Å². The van der Waals surface area contributed by atoms with Crippen molar-refractivity contribution in [2.45, 2.75) is 26.5 Å². The van der Waals surface area contributed by atoms with Gasteiger partial charge >= 0.3 is 5.82 Å². The Kier molecular flexibility index (Phi) is 2.62. The Bertz CT molecular complexity index is 319. The van der Waals surface area contributed by atoms with Gasteiger partial charge in [0.1, 0.15) is 6.04 Å². The van der Waals surface area contributed by atoms with Crippen LogP contribution in [0.2, 0.25) is 0 Å². The van der Waals surface area contributed by atoms with E-state index in [9.17, 15) is 10.1 Å². The summed E-state index contributed by atoms with van der Waals surface area (Å²) in [7, 11) is 0. The Balaban J connectivity index is 3.22. The summed E-state index contributed by atoms with van der Waals surface area (Å²) in [4.78, 5) is 10.1. The lowest BCUT2D eigenvalue weighted by molar-refractivity contribution is -0.394. The van der Waals surface area contributed by atoms with Crippen molar-refractivity contribution in [1.82, 2.24) is 9.78 Å². The molecule has 1 aromatic heterocycles. The van der Waals surface area contributed by atoms with Crippen molar-refractivity contribution >= 4 is 5.82 Å². The molecule has 0 amide bonds. The van der Waals surface area contributed by atoms with E-state index in [0.29, 0.717) is 0 Å². The second kappa shape index (κ2) is 3.53. The molecular weight excluding hydrogens is 174 g/mol. The Morgan fingerprint density at radius 2 is 2.38 bits per heavy atom. The molecule has 72 valence electrons. The smallest absolute Gasteiger partial charge is 0.350 e. The molecule has 0 aliphatic carbocycles. The highest BCUT2D eigenvalue weighted by molar-refractivity contribution is 5.30. The summed E-state index contributed by atoms with van der Waals surface area (Å²) in [5.41, 5.74) is 0.249. The minimum Gasteiger partial charge on any atom is -0.391 e. The average Bonchev–Trinajstić information content (AvgIpc) is 2.46. The minimum absolute atomic E-state index is 0.0827. The van der Waals surface area contributed by atoms with Crippen molar-refractivity contribution in [2.75, 3.05) is 0 Å². The Labute approximate surface area is 74.9 Å². The van der Waals surface area contributed by atoms with Crippen LogP contribution in [0.5, 0.6) is 0 Å². The van der Waals surface area contributed by atoms with Gasteiger partial charge in [0.2, 0.25) is 0 Å².